The van der Waals surface area contributed by atoms with Gasteiger partial charge in [0.1, 0.15) is 11.9 Å². The van der Waals surface area contributed by atoms with Gasteiger partial charge in [0.25, 0.3) is 0 Å². The van der Waals surface area contributed by atoms with E-state index in [1.54, 1.807) is 24.3 Å². The van der Waals surface area contributed by atoms with E-state index in [9.17, 15) is 14.0 Å². The maximum Gasteiger partial charge on any atom is 0.229 e. The first-order valence-electron chi connectivity index (χ1n) is 9.70. The van der Waals surface area contributed by atoms with E-state index in [0.29, 0.717) is 65.2 Å². The number of hydrogen-bond acceptors (Lipinski definition) is 6. The number of carbonyl (C=O) groups is 2. The van der Waals surface area contributed by atoms with Crippen LogP contribution in [-0.2, 0) is 14.4 Å². The van der Waals surface area contributed by atoms with Crippen molar-refractivity contribution in [2.24, 2.45) is 5.16 Å². The van der Waals surface area contributed by atoms with Gasteiger partial charge in [-0.3, -0.25) is 9.59 Å². The largest absolute Gasteiger partial charge is 0.392 e. The summed E-state index contributed by atoms with van der Waals surface area (Å²) in [4.78, 5) is 32.0. The van der Waals surface area contributed by atoms with E-state index >= 15 is 0 Å². The van der Waals surface area contributed by atoms with Crippen molar-refractivity contribution in [1.29, 1.82) is 0 Å². The Morgan fingerprint density at radius 3 is 2.93 bits per heavy atom. The monoisotopic (exact) mass is 450 g/mol. The molecular weight excluding hydrogens is 431 g/mol. The van der Waals surface area contributed by atoms with E-state index in [1.165, 1.54) is 22.3 Å². The molecule has 1 aromatic carbocycles. The van der Waals surface area contributed by atoms with Crippen LogP contribution in [-0.4, -0.2) is 43.3 Å². The van der Waals surface area contributed by atoms with Gasteiger partial charge in [-0.2, -0.15) is 0 Å². The molecule has 0 spiro atoms. The number of thiophene rings is 1. The van der Waals surface area contributed by atoms with Gasteiger partial charge in [0.05, 0.1) is 34.6 Å². The Balaban J connectivity index is 1.36. The molecule has 1 atom stereocenters. The fourth-order valence-electron chi connectivity index (χ4n) is 3.48. The van der Waals surface area contributed by atoms with Gasteiger partial charge in [-0.05, 0) is 36.8 Å². The lowest BCUT2D eigenvalue weighted by Crippen LogP contribution is -2.31. The normalized spacial score (nSPS) is 19.4. The Kier molecular flexibility index (Phi) is 6.46. The number of hydrogen-bond donors (Lipinski definition) is 0. The zero-order chi connectivity index (χ0) is 21.1. The third kappa shape index (κ3) is 4.71. The molecule has 0 N–H and O–H groups in total. The molecule has 30 heavy (non-hydrogen) atoms. The predicted molar refractivity (Wildman–Crippen MR) is 113 cm³/mol. The van der Waals surface area contributed by atoms with Gasteiger partial charge in [-0.25, -0.2) is 4.39 Å². The second kappa shape index (κ2) is 9.24. The predicted octanol–water partition coefficient (Wildman–Crippen LogP) is 4.45. The number of nitrogens with zero attached hydrogens (tertiary/aromatic N) is 2. The summed E-state index contributed by atoms with van der Waals surface area (Å²) in [7, 11) is 0. The van der Waals surface area contributed by atoms with Gasteiger partial charge in [0.2, 0.25) is 5.91 Å². The summed E-state index contributed by atoms with van der Waals surface area (Å²) in [6.07, 6.45) is 1.23. The lowest BCUT2D eigenvalue weighted by molar-refractivity contribution is -0.118. The summed E-state index contributed by atoms with van der Waals surface area (Å²) < 4.78 is 20.7. The van der Waals surface area contributed by atoms with Crippen molar-refractivity contribution in [3.05, 3.63) is 50.9 Å². The topological polar surface area (TPSA) is 68.2 Å². The Morgan fingerprint density at radius 1 is 1.30 bits per heavy atom. The highest BCUT2D eigenvalue weighted by Gasteiger charge is 2.26. The van der Waals surface area contributed by atoms with Crippen LogP contribution < -0.4 is 4.90 Å². The average molecular weight is 451 g/mol. The van der Waals surface area contributed by atoms with Crippen molar-refractivity contribution < 1.29 is 23.6 Å². The molecule has 1 aromatic heterocycles. The molecule has 0 bridgehead atoms. The highest BCUT2D eigenvalue weighted by Crippen LogP contribution is 2.27. The lowest BCUT2D eigenvalue weighted by Gasteiger charge is -2.20. The van der Waals surface area contributed by atoms with Crippen LogP contribution in [0.25, 0.3) is 0 Å². The third-order valence-corrected chi connectivity index (χ3v) is 6.34. The van der Waals surface area contributed by atoms with Crippen molar-refractivity contribution in [3.63, 3.8) is 0 Å². The summed E-state index contributed by atoms with van der Waals surface area (Å²) >= 11 is 7.12. The van der Waals surface area contributed by atoms with Crippen LogP contribution in [0.15, 0.2) is 35.5 Å². The van der Waals surface area contributed by atoms with E-state index in [-0.39, 0.29) is 24.2 Å². The quantitative estimate of drug-likeness (QED) is 0.610. The minimum absolute atomic E-state index is 0.00517. The van der Waals surface area contributed by atoms with Crippen LogP contribution in [0.2, 0.25) is 4.34 Å². The van der Waals surface area contributed by atoms with Gasteiger partial charge in [0.15, 0.2) is 5.78 Å². The summed E-state index contributed by atoms with van der Waals surface area (Å²) in [6.45, 7) is 1.20. The van der Waals surface area contributed by atoms with Crippen LogP contribution in [0.3, 0.4) is 0 Å². The van der Waals surface area contributed by atoms with Gasteiger partial charge in [-0.1, -0.05) is 16.8 Å². The van der Waals surface area contributed by atoms with E-state index in [0.717, 1.165) is 0 Å². The average Bonchev–Trinajstić information content (AvgIpc) is 3.32. The first-order valence-corrected chi connectivity index (χ1v) is 10.9. The SMILES string of the molecule is O=C(CCC1CC(c2ccc(N3CCOCCC3=O)cc2F)=NO1)c1ccc(Cl)s1. The Morgan fingerprint density at radius 2 is 2.17 bits per heavy atom. The number of Topliss-reactive ketones (excluding diaryl/α,β-unsaturated/α-hetero) is 1. The van der Waals surface area contributed by atoms with E-state index in [1.807, 2.05) is 0 Å². The van der Waals surface area contributed by atoms with Crippen LogP contribution in [0.1, 0.15) is 40.9 Å². The molecule has 0 aliphatic carbocycles. The number of amides is 1. The number of ether oxygens (including phenoxy) is 1. The molecule has 2 aliphatic heterocycles. The van der Waals surface area contributed by atoms with Crippen LogP contribution in [0.4, 0.5) is 10.1 Å². The molecule has 158 valence electrons. The smallest absolute Gasteiger partial charge is 0.229 e. The molecule has 1 unspecified atom stereocenters. The Hall–Kier alpha value is -2.29. The number of carbonyl (C=O) groups excluding carboxylic acids is 2. The summed E-state index contributed by atoms with van der Waals surface area (Å²) in [6, 6.07) is 8.09. The van der Waals surface area contributed by atoms with Gasteiger partial charge in [-0.15, -0.1) is 11.3 Å². The lowest BCUT2D eigenvalue weighted by atomic mass is 10.0. The zero-order valence-corrected chi connectivity index (χ0v) is 17.7. The van der Waals surface area contributed by atoms with E-state index in [2.05, 4.69) is 5.16 Å². The van der Waals surface area contributed by atoms with Crippen molar-refractivity contribution >= 4 is 46.0 Å². The first kappa shape index (κ1) is 21.0. The number of oxime groups is 1. The molecule has 1 fully saturated rings. The molecule has 1 amide bonds. The van der Waals surface area contributed by atoms with Crippen LogP contribution in [0, 0.1) is 5.82 Å². The maximum absolute atomic E-state index is 14.8. The second-order valence-electron chi connectivity index (χ2n) is 7.11. The van der Waals surface area contributed by atoms with Crippen molar-refractivity contribution in [1.82, 2.24) is 0 Å². The molecule has 3 heterocycles. The number of benzene rings is 1. The second-order valence-corrected chi connectivity index (χ2v) is 8.82. The summed E-state index contributed by atoms with van der Waals surface area (Å²) in [5.41, 5.74) is 1.35. The Bertz CT molecular complexity index is 993. The molecule has 2 aromatic rings. The van der Waals surface area contributed by atoms with Gasteiger partial charge in [0, 0.05) is 30.6 Å². The third-order valence-electron chi connectivity index (χ3n) is 5.07. The molecule has 2 aliphatic rings. The standard InChI is InChI=1S/C21H20ClFN2O4S/c22-20-6-5-19(30-20)18(26)4-2-14-12-17(24-29-14)15-3-1-13(11-16(15)23)25-8-10-28-9-7-21(25)27/h1,3,5-6,11,14H,2,4,7-10,12H2. The van der Waals surface area contributed by atoms with Crippen LogP contribution >= 0.6 is 22.9 Å². The number of ketones is 1. The highest BCUT2D eigenvalue weighted by molar-refractivity contribution is 7.18. The molecular formula is C21H20ClFN2O4S. The number of anilines is 1. The zero-order valence-electron chi connectivity index (χ0n) is 16.1. The van der Waals surface area contributed by atoms with Gasteiger partial charge < -0.3 is 14.5 Å². The molecule has 0 saturated carbocycles. The fourth-order valence-corrected chi connectivity index (χ4v) is 4.49. The molecule has 4 rings (SSSR count). The van der Waals surface area contributed by atoms with Gasteiger partial charge >= 0.3 is 0 Å². The highest BCUT2D eigenvalue weighted by atomic mass is 35.5. The fraction of sp³-hybridized carbons (Fsp3) is 0.381. The van der Waals surface area contributed by atoms with Crippen molar-refractivity contribution in [2.75, 3.05) is 24.7 Å². The molecule has 9 heteroatoms. The van der Waals surface area contributed by atoms with E-state index < -0.39 is 5.82 Å². The van der Waals surface area contributed by atoms with E-state index in [4.69, 9.17) is 21.2 Å². The summed E-state index contributed by atoms with van der Waals surface area (Å²) in [5.74, 6) is -0.540. The number of rotatable bonds is 6. The maximum atomic E-state index is 14.8. The van der Waals surface area contributed by atoms with Crippen LogP contribution in [0.5, 0.6) is 0 Å². The number of halogens is 2. The summed E-state index contributed by atoms with van der Waals surface area (Å²) in [5, 5.41) is 4.02. The molecule has 1 saturated heterocycles. The van der Waals surface area contributed by atoms with Crippen molar-refractivity contribution in [3.8, 4) is 0 Å². The van der Waals surface area contributed by atoms with Crippen molar-refractivity contribution in [2.45, 2.75) is 31.8 Å². The molecule has 6 nitrogen and oxygen atoms in total. The minimum atomic E-state index is -0.460. The molecule has 0 radical (unpaired) electrons. The first-order chi connectivity index (χ1) is 14.5. The Labute approximate surface area is 182 Å². The minimum Gasteiger partial charge on any atom is -0.392 e.